The zero-order valence-electron chi connectivity index (χ0n) is 13.2. The van der Waals surface area contributed by atoms with Crippen LogP contribution in [0.15, 0.2) is 53.7 Å². The summed E-state index contributed by atoms with van der Waals surface area (Å²) in [6.07, 6.45) is 1.76. The second-order valence-corrected chi connectivity index (χ2v) is 4.79. The molecule has 0 aliphatic rings. The van der Waals surface area contributed by atoms with Gasteiger partial charge in [-0.05, 0) is 29.8 Å². The molecule has 1 heterocycles. The molecule has 0 aliphatic heterocycles. The maximum atomic E-state index is 11.4. The second kappa shape index (κ2) is 8.53. The molecule has 0 radical (unpaired) electrons. The molecule has 6 nitrogen and oxygen atoms in total. The van der Waals surface area contributed by atoms with Crippen LogP contribution in [0.25, 0.3) is 0 Å². The van der Waals surface area contributed by atoms with Crippen LogP contribution in [0.5, 0.6) is 0 Å². The molecule has 0 unspecified atom stereocenters. The molecule has 0 saturated heterocycles. The van der Waals surface area contributed by atoms with Gasteiger partial charge in [0.15, 0.2) is 5.96 Å². The summed E-state index contributed by atoms with van der Waals surface area (Å²) in [6, 6.07) is 13.0. The SMILES string of the molecule is CN=C(NCc1ccc(C(=O)OC)cc1)NCc1ccccn1. The van der Waals surface area contributed by atoms with Crippen LogP contribution in [0, 0.1) is 0 Å². The van der Waals surface area contributed by atoms with E-state index >= 15 is 0 Å². The number of methoxy groups -OCH3 is 1. The Balaban J connectivity index is 1.84. The number of aliphatic imine (C=N–C) groups is 1. The Morgan fingerprint density at radius 3 is 2.48 bits per heavy atom. The van der Waals surface area contributed by atoms with Gasteiger partial charge in [-0.3, -0.25) is 9.98 Å². The lowest BCUT2D eigenvalue weighted by Crippen LogP contribution is -2.36. The van der Waals surface area contributed by atoms with Gasteiger partial charge in [0, 0.05) is 19.8 Å². The number of nitrogens with zero attached hydrogens (tertiary/aromatic N) is 2. The van der Waals surface area contributed by atoms with Crippen LogP contribution < -0.4 is 10.6 Å². The van der Waals surface area contributed by atoms with Crippen molar-refractivity contribution in [2.75, 3.05) is 14.2 Å². The van der Waals surface area contributed by atoms with Crippen molar-refractivity contribution in [3.8, 4) is 0 Å². The van der Waals surface area contributed by atoms with Gasteiger partial charge < -0.3 is 15.4 Å². The van der Waals surface area contributed by atoms with Crippen LogP contribution in [0.4, 0.5) is 0 Å². The van der Waals surface area contributed by atoms with Crippen molar-refractivity contribution in [2.24, 2.45) is 4.99 Å². The molecule has 0 amide bonds. The highest BCUT2D eigenvalue weighted by molar-refractivity contribution is 5.89. The van der Waals surface area contributed by atoms with Crippen LogP contribution in [0.1, 0.15) is 21.6 Å². The fourth-order valence-corrected chi connectivity index (χ4v) is 1.96. The van der Waals surface area contributed by atoms with E-state index in [-0.39, 0.29) is 5.97 Å². The first-order valence-corrected chi connectivity index (χ1v) is 7.24. The van der Waals surface area contributed by atoms with E-state index < -0.39 is 0 Å². The highest BCUT2D eigenvalue weighted by Crippen LogP contribution is 2.05. The zero-order valence-corrected chi connectivity index (χ0v) is 13.2. The number of ether oxygens (including phenoxy) is 1. The molecule has 120 valence electrons. The maximum Gasteiger partial charge on any atom is 0.337 e. The smallest absolute Gasteiger partial charge is 0.337 e. The summed E-state index contributed by atoms with van der Waals surface area (Å²) < 4.78 is 4.68. The molecule has 0 saturated carbocycles. The molecule has 2 rings (SSSR count). The summed E-state index contributed by atoms with van der Waals surface area (Å²) in [7, 11) is 3.09. The van der Waals surface area contributed by atoms with E-state index in [0.29, 0.717) is 24.6 Å². The van der Waals surface area contributed by atoms with Crippen LogP contribution in [0.2, 0.25) is 0 Å². The standard InChI is InChI=1S/C17H20N4O2/c1-18-17(21-12-15-5-3-4-10-19-15)20-11-13-6-8-14(9-7-13)16(22)23-2/h3-10H,11-12H2,1-2H3,(H2,18,20,21). The van der Waals surface area contributed by atoms with Gasteiger partial charge in [-0.15, -0.1) is 0 Å². The Labute approximate surface area is 135 Å². The fraction of sp³-hybridized carbons (Fsp3) is 0.235. The molecule has 2 aromatic rings. The van der Waals surface area contributed by atoms with Gasteiger partial charge in [0.1, 0.15) is 0 Å². The summed E-state index contributed by atoms with van der Waals surface area (Å²) in [5.74, 6) is 0.352. The normalized spacial score (nSPS) is 11.0. The lowest BCUT2D eigenvalue weighted by atomic mass is 10.1. The third-order valence-corrected chi connectivity index (χ3v) is 3.22. The maximum absolute atomic E-state index is 11.4. The number of carbonyl (C=O) groups excluding carboxylic acids is 1. The number of hydrogen-bond donors (Lipinski definition) is 2. The Kier molecular flexibility index (Phi) is 6.11. The molecule has 2 N–H and O–H groups in total. The van der Waals surface area contributed by atoms with Gasteiger partial charge in [-0.1, -0.05) is 18.2 Å². The number of guanidine groups is 1. The average molecular weight is 312 g/mol. The Hall–Kier alpha value is -2.89. The molecule has 23 heavy (non-hydrogen) atoms. The zero-order chi connectivity index (χ0) is 16.5. The van der Waals surface area contributed by atoms with Crippen LogP contribution >= 0.6 is 0 Å². The molecule has 1 aromatic heterocycles. The average Bonchev–Trinajstić information content (AvgIpc) is 2.62. The summed E-state index contributed by atoms with van der Waals surface area (Å²) in [5, 5.41) is 6.41. The predicted octanol–water partition coefficient (Wildman–Crippen LogP) is 1.73. The van der Waals surface area contributed by atoms with E-state index in [0.717, 1.165) is 11.3 Å². The van der Waals surface area contributed by atoms with Crippen molar-refractivity contribution in [1.82, 2.24) is 15.6 Å². The summed E-state index contributed by atoms with van der Waals surface area (Å²) in [4.78, 5) is 19.8. The van der Waals surface area contributed by atoms with Crippen molar-refractivity contribution < 1.29 is 9.53 Å². The number of carbonyl (C=O) groups is 1. The number of nitrogens with one attached hydrogen (secondary N) is 2. The molecule has 0 atom stereocenters. The molecule has 6 heteroatoms. The van der Waals surface area contributed by atoms with E-state index in [1.807, 2.05) is 30.3 Å². The van der Waals surface area contributed by atoms with Gasteiger partial charge in [0.2, 0.25) is 0 Å². The third kappa shape index (κ3) is 5.10. The minimum atomic E-state index is -0.336. The van der Waals surface area contributed by atoms with Gasteiger partial charge in [-0.2, -0.15) is 0 Å². The minimum Gasteiger partial charge on any atom is -0.465 e. The predicted molar refractivity (Wildman–Crippen MR) is 89.1 cm³/mol. The Morgan fingerprint density at radius 1 is 1.13 bits per heavy atom. The van der Waals surface area contributed by atoms with Gasteiger partial charge in [-0.25, -0.2) is 4.79 Å². The fourth-order valence-electron chi connectivity index (χ4n) is 1.96. The first kappa shape index (κ1) is 16.5. The van der Waals surface area contributed by atoms with Crippen molar-refractivity contribution in [2.45, 2.75) is 13.1 Å². The number of rotatable bonds is 5. The van der Waals surface area contributed by atoms with E-state index in [4.69, 9.17) is 0 Å². The monoisotopic (exact) mass is 312 g/mol. The molecule has 0 spiro atoms. The van der Waals surface area contributed by atoms with Crippen LogP contribution in [0.3, 0.4) is 0 Å². The largest absolute Gasteiger partial charge is 0.465 e. The third-order valence-electron chi connectivity index (χ3n) is 3.22. The van der Waals surface area contributed by atoms with Gasteiger partial charge in [0.05, 0.1) is 24.9 Å². The van der Waals surface area contributed by atoms with Gasteiger partial charge in [0.25, 0.3) is 0 Å². The number of aromatic nitrogens is 1. The van der Waals surface area contributed by atoms with Gasteiger partial charge >= 0.3 is 5.97 Å². The van der Waals surface area contributed by atoms with Crippen molar-refractivity contribution in [3.63, 3.8) is 0 Å². The summed E-state index contributed by atoms with van der Waals surface area (Å²) in [6.45, 7) is 1.20. The topological polar surface area (TPSA) is 75.6 Å². The minimum absolute atomic E-state index is 0.336. The molecule has 1 aromatic carbocycles. The lowest BCUT2D eigenvalue weighted by molar-refractivity contribution is 0.0600. The number of pyridine rings is 1. The van der Waals surface area contributed by atoms with E-state index in [1.54, 1.807) is 25.4 Å². The summed E-state index contributed by atoms with van der Waals surface area (Å²) in [5.41, 5.74) is 2.52. The lowest BCUT2D eigenvalue weighted by Gasteiger charge is -2.12. The summed E-state index contributed by atoms with van der Waals surface area (Å²) >= 11 is 0. The van der Waals surface area contributed by atoms with Crippen LogP contribution in [-0.4, -0.2) is 31.1 Å². The highest BCUT2D eigenvalue weighted by Gasteiger charge is 2.04. The Morgan fingerprint density at radius 2 is 1.87 bits per heavy atom. The first-order chi connectivity index (χ1) is 11.2. The molecule has 0 fully saturated rings. The highest BCUT2D eigenvalue weighted by atomic mass is 16.5. The second-order valence-electron chi connectivity index (χ2n) is 4.79. The number of hydrogen-bond acceptors (Lipinski definition) is 4. The molecular formula is C17H20N4O2. The van der Waals surface area contributed by atoms with Crippen LogP contribution in [-0.2, 0) is 17.8 Å². The van der Waals surface area contributed by atoms with Crippen molar-refractivity contribution >= 4 is 11.9 Å². The van der Waals surface area contributed by atoms with Crippen molar-refractivity contribution in [1.29, 1.82) is 0 Å². The number of benzene rings is 1. The molecular weight excluding hydrogens is 292 g/mol. The Bertz CT molecular complexity index is 654. The van der Waals surface area contributed by atoms with E-state index in [1.165, 1.54) is 7.11 Å². The van der Waals surface area contributed by atoms with Crippen molar-refractivity contribution in [3.05, 3.63) is 65.5 Å². The van der Waals surface area contributed by atoms with E-state index in [2.05, 4.69) is 25.3 Å². The first-order valence-electron chi connectivity index (χ1n) is 7.24. The number of esters is 1. The quantitative estimate of drug-likeness (QED) is 0.499. The molecule has 0 aliphatic carbocycles. The molecule has 0 bridgehead atoms. The van der Waals surface area contributed by atoms with E-state index in [9.17, 15) is 4.79 Å².